The molecule has 1 aromatic rings. The summed E-state index contributed by atoms with van der Waals surface area (Å²) in [6.07, 6.45) is 4.40. The Morgan fingerprint density at radius 1 is 1.30 bits per heavy atom. The number of nitrogens with zero attached hydrogens (tertiary/aromatic N) is 2. The van der Waals surface area contributed by atoms with E-state index in [0.29, 0.717) is 0 Å². The van der Waals surface area contributed by atoms with Gasteiger partial charge in [-0.1, -0.05) is 15.9 Å². The minimum Gasteiger partial charge on any atom is -0.494 e. The smallest absolute Gasteiger partial charge is 0.233 e. The van der Waals surface area contributed by atoms with Crippen LogP contribution < -0.4 is 4.74 Å². The second-order valence-electron chi connectivity index (χ2n) is 4.90. The van der Waals surface area contributed by atoms with E-state index in [2.05, 4.69) is 70.7 Å². The van der Waals surface area contributed by atoms with Crippen molar-refractivity contribution < 1.29 is 9.31 Å². The van der Waals surface area contributed by atoms with Crippen molar-refractivity contribution in [1.29, 1.82) is 0 Å². The molecule has 0 aliphatic carbocycles. The maximum absolute atomic E-state index is 5.44. The van der Waals surface area contributed by atoms with Gasteiger partial charge < -0.3 is 4.74 Å². The molecular formula is C14H18Br3N2O+. The lowest BCUT2D eigenvalue weighted by atomic mass is 10.1. The van der Waals surface area contributed by atoms with Gasteiger partial charge in [-0.05, 0) is 43.5 Å². The summed E-state index contributed by atoms with van der Waals surface area (Å²) in [6, 6.07) is 2.05. The number of rotatable bonds is 4. The number of hydrogen-bond donors (Lipinski definition) is 0. The van der Waals surface area contributed by atoms with Crippen molar-refractivity contribution in [3.63, 3.8) is 0 Å². The fraction of sp³-hybridized carbons (Fsp3) is 0.500. The molecule has 0 spiro atoms. The summed E-state index contributed by atoms with van der Waals surface area (Å²) in [6.45, 7) is 3.29. The van der Waals surface area contributed by atoms with Crippen molar-refractivity contribution in [1.82, 2.24) is 4.90 Å². The Balaban J connectivity index is 2.15. The van der Waals surface area contributed by atoms with Crippen LogP contribution in [-0.2, 0) is 6.42 Å². The third kappa shape index (κ3) is 3.77. The molecule has 3 nitrogen and oxygen atoms in total. The molecule has 1 aliphatic heterocycles. The number of ether oxygens (including phenoxy) is 1. The summed E-state index contributed by atoms with van der Waals surface area (Å²) < 4.78 is 10.8. The lowest BCUT2D eigenvalue weighted by Gasteiger charge is -2.20. The predicted molar refractivity (Wildman–Crippen MR) is 93.1 cm³/mol. The van der Waals surface area contributed by atoms with Crippen molar-refractivity contribution in [2.45, 2.75) is 12.8 Å². The number of methoxy groups -OCH3 is 1. The summed E-state index contributed by atoms with van der Waals surface area (Å²) in [5.41, 5.74) is 1.24. The van der Waals surface area contributed by atoms with Gasteiger partial charge in [-0.3, -0.25) is 9.48 Å². The second-order valence-corrected chi connectivity index (χ2v) is 7.40. The van der Waals surface area contributed by atoms with Crippen molar-refractivity contribution in [2.24, 2.45) is 0 Å². The highest BCUT2D eigenvalue weighted by molar-refractivity contribution is 9.11. The zero-order valence-electron chi connectivity index (χ0n) is 11.6. The van der Waals surface area contributed by atoms with Crippen LogP contribution in [0.4, 0.5) is 0 Å². The van der Waals surface area contributed by atoms with Gasteiger partial charge in [0.2, 0.25) is 6.34 Å². The Morgan fingerprint density at radius 3 is 2.70 bits per heavy atom. The average molecular weight is 470 g/mol. The monoisotopic (exact) mass is 467 g/mol. The van der Waals surface area contributed by atoms with E-state index < -0.39 is 0 Å². The molecule has 0 aromatic heterocycles. The van der Waals surface area contributed by atoms with E-state index in [1.165, 1.54) is 12.0 Å². The van der Waals surface area contributed by atoms with Crippen LogP contribution in [0.2, 0.25) is 0 Å². The zero-order chi connectivity index (χ0) is 14.7. The molecule has 0 bridgehead atoms. The van der Waals surface area contributed by atoms with Crippen LogP contribution >= 0.6 is 47.8 Å². The van der Waals surface area contributed by atoms with Gasteiger partial charge in [0.1, 0.15) is 5.75 Å². The van der Waals surface area contributed by atoms with Gasteiger partial charge >= 0.3 is 0 Å². The third-order valence-corrected chi connectivity index (χ3v) is 5.53. The van der Waals surface area contributed by atoms with Crippen LogP contribution in [0.3, 0.4) is 0 Å². The number of halogens is 3. The van der Waals surface area contributed by atoms with Crippen molar-refractivity contribution in [2.75, 3.05) is 33.8 Å². The molecule has 110 valence electrons. The molecule has 2 rings (SSSR count). The first-order valence-electron chi connectivity index (χ1n) is 6.52. The van der Waals surface area contributed by atoms with E-state index in [4.69, 9.17) is 4.74 Å². The van der Waals surface area contributed by atoms with E-state index in [0.717, 1.165) is 45.2 Å². The molecular weight excluding hydrogens is 452 g/mol. The summed E-state index contributed by atoms with van der Waals surface area (Å²) in [5.74, 6) is 0.850. The Morgan fingerprint density at radius 2 is 2.05 bits per heavy atom. The third-order valence-electron chi connectivity index (χ3n) is 3.39. The molecule has 1 aliphatic rings. The Labute approximate surface area is 145 Å². The number of benzene rings is 1. The predicted octanol–water partition coefficient (Wildman–Crippen LogP) is 3.90. The van der Waals surface area contributed by atoms with E-state index >= 15 is 0 Å². The molecule has 6 heteroatoms. The van der Waals surface area contributed by atoms with Gasteiger partial charge in [0.25, 0.3) is 0 Å². The molecule has 0 radical (unpaired) electrons. The van der Waals surface area contributed by atoms with Gasteiger partial charge in [0.15, 0.2) is 0 Å². The first-order chi connectivity index (χ1) is 9.52. The van der Waals surface area contributed by atoms with E-state index in [1.807, 2.05) is 6.07 Å². The highest BCUT2D eigenvalue weighted by Crippen LogP contribution is 2.40. The summed E-state index contributed by atoms with van der Waals surface area (Å²) in [5, 5.41) is 0. The maximum Gasteiger partial charge on any atom is 0.233 e. The van der Waals surface area contributed by atoms with Crippen LogP contribution in [0.5, 0.6) is 5.75 Å². The molecule has 0 N–H and O–H groups in total. The topological polar surface area (TPSA) is 15.5 Å². The molecule has 1 aromatic carbocycles. The lowest BCUT2D eigenvalue weighted by molar-refractivity contribution is -0.503. The standard InChI is InChI=1S/C14H18Br3N2O/c1-18-5-3-6-19(9-18)7-4-10-11(15)8-12(16)14(20-2)13(10)17/h8-9H,3-7H2,1-2H3/q+1. The van der Waals surface area contributed by atoms with Crippen LogP contribution in [0.15, 0.2) is 19.5 Å². The second kappa shape index (κ2) is 7.27. The molecule has 1 heterocycles. The van der Waals surface area contributed by atoms with E-state index in [1.54, 1.807) is 7.11 Å². The quantitative estimate of drug-likeness (QED) is 0.621. The Bertz CT molecular complexity index is 532. The van der Waals surface area contributed by atoms with Crippen molar-refractivity contribution in [3.8, 4) is 5.75 Å². The summed E-state index contributed by atoms with van der Waals surface area (Å²) in [4.78, 5) is 2.37. The minimum atomic E-state index is 0.850. The molecule has 0 atom stereocenters. The fourth-order valence-electron chi connectivity index (χ4n) is 2.37. The molecule has 0 saturated carbocycles. The van der Waals surface area contributed by atoms with Crippen LogP contribution in [-0.4, -0.2) is 49.6 Å². The van der Waals surface area contributed by atoms with E-state index in [-0.39, 0.29) is 0 Å². The van der Waals surface area contributed by atoms with Crippen LogP contribution in [0.25, 0.3) is 0 Å². The first kappa shape index (κ1) is 16.3. The summed E-state index contributed by atoms with van der Waals surface area (Å²) in [7, 11) is 3.82. The van der Waals surface area contributed by atoms with Gasteiger partial charge in [0.05, 0.1) is 42.7 Å². The zero-order valence-corrected chi connectivity index (χ0v) is 16.4. The van der Waals surface area contributed by atoms with Crippen LogP contribution in [0, 0.1) is 0 Å². The van der Waals surface area contributed by atoms with Crippen LogP contribution in [0.1, 0.15) is 12.0 Å². The normalized spacial score (nSPS) is 15.2. The van der Waals surface area contributed by atoms with Gasteiger partial charge in [-0.15, -0.1) is 0 Å². The van der Waals surface area contributed by atoms with Crippen molar-refractivity contribution in [3.05, 3.63) is 25.0 Å². The maximum atomic E-state index is 5.44. The molecule has 0 fully saturated rings. The molecule has 0 saturated heterocycles. The minimum absolute atomic E-state index is 0.850. The van der Waals surface area contributed by atoms with Gasteiger partial charge in [-0.25, -0.2) is 0 Å². The average Bonchev–Trinajstić information content (AvgIpc) is 2.38. The molecule has 0 unspecified atom stereocenters. The van der Waals surface area contributed by atoms with Gasteiger partial charge in [0, 0.05) is 17.3 Å². The highest BCUT2D eigenvalue weighted by atomic mass is 79.9. The largest absolute Gasteiger partial charge is 0.494 e. The van der Waals surface area contributed by atoms with Gasteiger partial charge in [-0.2, -0.15) is 0 Å². The Kier molecular flexibility index (Phi) is 5.93. The lowest BCUT2D eigenvalue weighted by Crippen LogP contribution is -2.36. The molecule has 20 heavy (non-hydrogen) atoms. The first-order valence-corrected chi connectivity index (χ1v) is 8.90. The van der Waals surface area contributed by atoms with E-state index in [9.17, 15) is 0 Å². The highest BCUT2D eigenvalue weighted by Gasteiger charge is 2.18. The Hall–Kier alpha value is -0.0700. The van der Waals surface area contributed by atoms with Crippen molar-refractivity contribution >= 4 is 54.1 Å². The fourth-order valence-corrected chi connectivity index (χ4v) is 5.21. The molecule has 0 amide bonds. The number of hydrogen-bond acceptors (Lipinski definition) is 2. The SMILES string of the molecule is COc1c(Br)cc(Br)c(CCN2C=[N+](C)CCC2)c1Br. The summed E-state index contributed by atoms with van der Waals surface area (Å²) >= 11 is 10.8.